The number of nitrogens with zero attached hydrogens (tertiary/aromatic N) is 2. The predicted molar refractivity (Wildman–Crippen MR) is 112 cm³/mol. The molecule has 1 N–H and O–H groups in total. The average molecular weight is 411 g/mol. The Bertz CT molecular complexity index is 1150. The number of allylic oxidation sites excluding steroid dienone is 1. The lowest BCUT2D eigenvalue weighted by Gasteiger charge is -2.11. The third-order valence-electron chi connectivity index (χ3n) is 4.46. The number of carboxylic acid groups (broad SMARTS) is 1. The van der Waals surface area contributed by atoms with Gasteiger partial charge in [-0.25, -0.2) is 4.79 Å². The summed E-state index contributed by atoms with van der Waals surface area (Å²) in [5, 5.41) is 19.7. The van der Waals surface area contributed by atoms with Gasteiger partial charge in [0.05, 0.1) is 22.2 Å². The molecule has 0 saturated heterocycles. The van der Waals surface area contributed by atoms with Crippen LogP contribution in [-0.4, -0.2) is 15.6 Å². The first-order valence-electron chi connectivity index (χ1n) is 8.41. The van der Waals surface area contributed by atoms with Gasteiger partial charge in [0.15, 0.2) is 0 Å². The molecule has 1 aromatic heterocycles. The maximum absolute atomic E-state index is 11.4. The van der Waals surface area contributed by atoms with Gasteiger partial charge >= 0.3 is 5.97 Å². The van der Waals surface area contributed by atoms with E-state index in [0.29, 0.717) is 16.3 Å². The van der Waals surface area contributed by atoms with Gasteiger partial charge in [-0.2, -0.15) is 5.26 Å². The minimum Gasteiger partial charge on any atom is -0.478 e. The Morgan fingerprint density at radius 2 is 1.89 bits per heavy atom. The van der Waals surface area contributed by atoms with Gasteiger partial charge < -0.3 is 9.67 Å². The molecule has 0 fully saturated rings. The molecule has 140 valence electrons. The van der Waals surface area contributed by atoms with Crippen LogP contribution in [0, 0.1) is 25.2 Å². The van der Waals surface area contributed by atoms with Crippen LogP contribution >= 0.6 is 23.2 Å². The van der Waals surface area contributed by atoms with Gasteiger partial charge in [-0.15, -0.1) is 0 Å². The summed E-state index contributed by atoms with van der Waals surface area (Å²) in [6.45, 7) is 3.84. The van der Waals surface area contributed by atoms with E-state index < -0.39 is 5.97 Å². The van der Waals surface area contributed by atoms with Crippen molar-refractivity contribution in [1.29, 1.82) is 5.26 Å². The van der Waals surface area contributed by atoms with Crippen molar-refractivity contribution >= 4 is 40.8 Å². The van der Waals surface area contributed by atoms with Crippen LogP contribution in [0.5, 0.6) is 0 Å². The second-order valence-corrected chi connectivity index (χ2v) is 7.15. The van der Waals surface area contributed by atoms with Crippen molar-refractivity contribution in [3.05, 3.63) is 86.7 Å². The summed E-state index contributed by atoms with van der Waals surface area (Å²) in [7, 11) is 0. The van der Waals surface area contributed by atoms with Crippen molar-refractivity contribution < 1.29 is 9.90 Å². The van der Waals surface area contributed by atoms with E-state index in [-0.39, 0.29) is 10.6 Å². The van der Waals surface area contributed by atoms with Crippen LogP contribution in [0.4, 0.5) is 0 Å². The Hall–Kier alpha value is -3.00. The zero-order valence-corrected chi connectivity index (χ0v) is 16.7. The minimum absolute atomic E-state index is 0.0420. The van der Waals surface area contributed by atoms with Crippen LogP contribution in [0.3, 0.4) is 0 Å². The number of carbonyl (C=O) groups is 1. The molecule has 0 amide bonds. The summed E-state index contributed by atoms with van der Waals surface area (Å²) < 4.78 is 1.93. The first-order valence-corrected chi connectivity index (χ1v) is 9.17. The Labute approximate surface area is 172 Å². The van der Waals surface area contributed by atoms with Crippen molar-refractivity contribution in [2.24, 2.45) is 0 Å². The average Bonchev–Trinajstić information content (AvgIpc) is 2.93. The smallest absolute Gasteiger partial charge is 0.337 e. The highest BCUT2D eigenvalue weighted by molar-refractivity contribution is 6.33. The summed E-state index contributed by atoms with van der Waals surface area (Å²) in [4.78, 5) is 11.4. The third-order valence-corrected chi connectivity index (χ3v) is 5.03. The normalized spacial score (nSPS) is 11.3. The predicted octanol–water partition coefficient (Wildman–Crippen LogP) is 6.16. The molecular formula is C22H16Cl2N2O2. The van der Waals surface area contributed by atoms with Gasteiger partial charge in [0, 0.05) is 22.1 Å². The minimum atomic E-state index is -1.08. The number of halogens is 2. The second-order valence-electron chi connectivity index (χ2n) is 6.31. The Morgan fingerprint density at radius 1 is 1.14 bits per heavy atom. The number of aromatic carboxylic acids is 1. The number of benzene rings is 2. The highest BCUT2D eigenvalue weighted by Gasteiger charge is 2.15. The SMILES string of the molecule is Cc1cc(/C=C(/C#N)c2cccc(Cl)c2)c(C)n1-c1ccc(Cl)c(C(=O)O)c1. The molecule has 0 spiro atoms. The Morgan fingerprint density at radius 3 is 2.54 bits per heavy atom. The molecule has 28 heavy (non-hydrogen) atoms. The summed E-state index contributed by atoms with van der Waals surface area (Å²) in [5.74, 6) is -1.08. The second kappa shape index (κ2) is 7.93. The van der Waals surface area contributed by atoms with Crippen LogP contribution in [0.15, 0.2) is 48.5 Å². The van der Waals surface area contributed by atoms with Crippen molar-refractivity contribution in [3.8, 4) is 11.8 Å². The Kier molecular flexibility index (Phi) is 5.60. The molecular weight excluding hydrogens is 395 g/mol. The number of carboxylic acids is 1. The molecule has 0 aliphatic heterocycles. The van der Waals surface area contributed by atoms with E-state index >= 15 is 0 Å². The number of aromatic nitrogens is 1. The van der Waals surface area contributed by atoms with Crippen molar-refractivity contribution in [2.45, 2.75) is 13.8 Å². The van der Waals surface area contributed by atoms with Crippen molar-refractivity contribution in [3.63, 3.8) is 0 Å². The molecule has 1 heterocycles. The third kappa shape index (κ3) is 3.82. The first-order chi connectivity index (χ1) is 13.3. The van der Waals surface area contributed by atoms with Crippen LogP contribution in [-0.2, 0) is 0 Å². The lowest BCUT2D eigenvalue weighted by molar-refractivity contribution is 0.0697. The van der Waals surface area contributed by atoms with Crippen LogP contribution in [0.25, 0.3) is 17.3 Å². The number of hydrogen-bond acceptors (Lipinski definition) is 2. The largest absolute Gasteiger partial charge is 0.478 e. The van der Waals surface area contributed by atoms with Crippen LogP contribution in [0.2, 0.25) is 10.0 Å². The van der Waals surface area contributed by atoms with E-state index in [1.54, 1.807) is 42.5 Å². The molecule has 6 heteroatoms. The summed E-state index contributed by atoms with van der Waals surface area (Å²) in [5.41, 5.74) is 4.61. The lowest BCUT2D eigenvalue weighted by Crippen LogP contribution is -2.03. The van der Waals surface area contributed by atoms with Crippen molar-refractivity contribution in [1.82, 2.24) is 4.57 Å². The zero-order chi connectivity index (χ0) is 20.4. The van der Waals surface area contributed by atoms with Gasteiger partial charge in [0.25, 0.3) is 0 Å². The fraction of sp³-hybridized carbons (Fsp3) is 0.0909. The molecule has 0 radical (unpaired) electrons. The molecule has 4 nitrogen and oxygen atoms in total. The monoisotopic (exact) mass is 410 g/mol. The number of rotatable bonds is 4. The van der Waals surface area contributed by atoms with Crippen molar-refractivity contribution in [2.75, 3.05) is 0 Å². The summed E-state index contributed by atoms with van der Waals surface area (Å²) in [6.07, 6.45) is 1.80. The standard InChI is InChI=1S/C22H16Cl2N2O2/c1-13-8-16(9-17(12-25)15-4-3-5-18(23)10-15)14(2)26(13)19-6-7-21(24)20(11-19)22(27)28/h3-11H,1-2H3,(H,27,28)/b17-9-. The molecule has 0 saturated carbocycles. The molecule has 0 aliphatic rings. The van der Waals surface area contributed by atoms with Gasteiger partial charge in [0.2, 0.25) is 0 Å². The van der Waals surface area contributed by atoms with E-state index in [0.717, 1.165) is 22.5 Å². The Balaban J connectivity index is 2.11. The molecule has 0 atom stereocenters. The quantitative estimate of drug-likeness (QED) is 0.523. The number of hydrogen-bond donors (Lipinski definition) is 1. The molecule has 3 rings (SSSR count). The highest BCUT2D eigenvalue weighted by Crippen LogP contribution is 2.28. The first kappa shape index (κ1) is 19.8. The van der Waals surface area contributed by atoms with Gasteiger partial charge in [-0.05, 0) is 67.4 Å². The molecule has 0 bridgehead atoms. The van der Waals surface area contributed by atoms with E-state index in [9.17, 15) is 15.2 Å². The lowest BCUT2D eigenvalue weighted by atomic mass is 10.0. The maximum Gasteiger partial charge on any atom is 0.337 e. The van der Waals surface area contributed by atoms with E-state index in [1.807, 2.05) is 30.5 Å². The molecule has 0 unspecified atom stereocenters. The number of nitriles is 1. The van der Waals surface area contributed by atoms with E-state index in [1.165, 1.54) is 0 Å². The zero-order valence-electron chi connectivity index (χ0n) is 15.2. The highest BCUT2D eigenvalue weighted by atomic mass is 35.5. The summed E-state index contributed by atoms with van der Waals surface area (Å²) >= 11 is 12.0. The van der Waals surface area contributed by atoms with Gasteiger partial charge in [-0.1, -0.05) is 35.3 Å². The van der Waals surface area contributed by atoms with Crippen LogP contribution in [0.1, 0.15) is 32.9 Å². The number of aryl methyl sites for hydroxylation is 1. The van der Waals surface area contributed by atoms with Gasteiger partial charge in [0.1, 0.15) is 0 Å². The summed E-state index contributed by atoms with van der Waals surface area (Å²) in [6, 6.07) is 16.2. The van der Waals surface area contributed by atoms with E-state index in [4.69, 9.17) is 23.2 Å². The molecule has 3 aromatic rings. The van der Waals surface area contributed by atoms with Crippen LogP contribution < -0.4 is 0 Å². The van der Waals surface area contributed by atoms with Gasteiger partial charge in [-0.3, -0.25) is 0 Å². The maximum atomic E-state index is 11.4. The van der Waals surface area contributed by atoms with E-state index in [2.05, 4.69) is 6.07 Å². The molecule has 0 aliphatic carbocycles. The fourth-order valence-electron chi connectivity index (χ4n) is 3.14. The topological polar surface area (TPSA) is 66.0 Å². The fourth-order valence-corrected chi connectivity index (χ4v) is 3.53. The molecule has 2 aromatic carbocycles.